The molecule has 2 aromatic rings. The second-order valence-electron chi connectivity index (χ2n) is 9.00. The van der Waals surface area contributed by atoms with Crippen molar-refractivity contribution in [1.29, 1.82) is 0 Å². The van der Waals surface area contributed by atoms with Gasteiger partial charge in [0.1, 0.15) is 0 Å². The lowest BCUT2D eigenvalue weighted by atomic mass is 9.79. The highest BCUT2D eigenvalue weighted by Gasteiger charge is 2.32. The minimum atomic E-state index is 0.725. The standard InChI is InChI=1S/C26H36NP/c1-27(2)24-18-11-17-22(20-12-5-3-6-13-20)26(24)23-16-9-10-19-25(23)28-21-14-7-4-8-15-21/h3,5-6,11-13,17-18,21,23,25,28H,4,7-10,14-16,19H2,1-2H3. The van der Waals surface area contributed by atoms with Crippen LogP contribution in [-0.2, 0) is 0 Å². The average Bonchev–Trinajstić information content (AvgIpc) is 2.75. The number of benzene rings is 2. The van der Waals surface area contributed by atoms with Crippen molar-refractivity contribution < 1.29 is 0 Å². The molecule has 2 fully saturated rings. The first-order valence-corrected chi connectivity index (χ1v) is 12.5. The van der Waals surface area contributed by atoms with E-state index in [0.717, 1.165) is 25.8 Å². The van der Waals surface area contributed by atoms with Crippen molar-refractivity contribution in [3.63, 3.8) is 0 Å². The predicted octanol–water partition coefficient (Wildman–Crippen LogP) is 7.46. The van der Waals surface area contributed by atoms with Gasteiger partial charge in [-0.25, -0.2) is 0 Å². The van der Waals surface area contributed by atoms with Gasteiger partial charge in [-0.1, -0.05) is 74.6 Å². The molecule has 150 valence electrons. The molecule has 3 atom stereocenters. The fraction of sp³-hybridized carbons (Fsp3) is 0.538. The summed E-state index contributed by atoms with van der Waals surface area (Å²) in [6.45, 7) is 0. The van der Waals surface area contributed by atoms with E-state index in [9.17, 15) is 0 Å². The third-order valence-corrected chi connectivity index (χ3v) is 9.01. The molecule has 28 heavy (non-hydrogen) atoms. The van der Waals surface area contributed by atoms with Crippen LogP contribution in [-0.4, -0.2) is 25.4 Å². The molecule has 2 aromatic carbocycles. The molecular weight excluding hydrogens is 357 g/mol. The number of anilines is 1. The van der Waals surface area contributed by atoms with Crippen LogP contribution in [0.1, 0.15) is 69.3 Å². The maximum atomic E-state index is 2.37. The van der Waals surface area contributed by atoms with E-state index in [-0.39, 0.29) is 0 Å². The molecule has 0 aromatic heterocycles. The summed E-state index contributed by atoms with van der Waals surface area (Å²) in [5.74, 6) is 0.725. The van der Waals surface area contributed by atoms with Crippen molar-refractivity contribution >= 4 is 14.3 Å². The van der Waals surface area contributed by atoms with Crippen LogP contribution in [0.4, 0.5) is 5.69 Å². The molecule has 0 saturated heterocycles. The lowest BCUT2D eigenvalue weighted by molar-refractivity contribution is 0.446. The Bertz CT molecular complexity index is 748. The maximum Gasteiger partial charge on any atom is 0.0402 e. The number of nitrogens with zero attached hydrogens (tertiary/aromatic N) is 1. The van der Waals surface area contributed by atoms with E-state index >= 15 is 0 Å². The largest absolute Gasteiger partial charge is 0.377 e. The number of hydrogen-bond acceptors (Lipinski definition) is 1. The minimum absolute atomic E-state index is 0.725. The van der Waals surface area contributed by atoms with Crippen LogP contribution in [0.15, 0.2) is 48.5 Å². The Labute approximate surface area is 173 Å². The summed E-state index contributed by atoms with van der Waals surface area (Å²) in [6.07, 6.45) is 13.0. The van der Waals surface area contributed by atoms with Gasteiger partial charge in [0.25, 0.3) is 0 Å². The van der Waals surface area contributed by atoms with E-state index < -0.39 is 0 Å². The molecule has 2 aliphatic carbocycles. The van der Waals surface area contributed by atoms with Gasteiger partial charge in [-0.05, 0) is 65.7 Å². The number of rotatable bonds is 5. The van der Waals surface area contributed by atoms with Gasteiger partial charge in [-0.3, -0.25) is 0 Å². The van der Waals surface area contributed by atoms with Crippen LogP contribution in [0.3, 0.4) is 0 Å². The zero-order valence-electron chi connectivity index (χ0n) is 17.7. The lowest BCUT2D eigenvalue weighted by Gasteiger charge is -2.38. The molecule has 4 rings (SSSR count). The van der Waals surface area contributed by atoms with E-state index in [0.29, 0.717) is 0 Å². The Kier molecular flexibility index (Phi) is 6.73. The van der Waals surface area contributed by atoms with Gasteiger partial charge in [-0.15, -0.1) is 8.58 Å². The van der Waals surface area contributed by atoms with E-state index in [2.05, 4.69) is 67.5 Å². The SMILES string of the molecule is CN(C)c1cccc(-c2ccccc2)c1C1CCCCC1PC1CCCCC1. The van der Waals surface area contributed by atoms with Gasteiger partial charge in [0.05, 0.1) is 0 Å². The summed E-state index contributed by atoms with van der Waals surface area (Å²) in [5, 5.41) is 0. The Morgan fingerprint density at radius 2 is 1.46 bits per heavy atom. The van der Waals surface area contributed by atoms with E-state index in [1.54, 1.807) is 5.56 Å². The Hall–Kier alpha value is -1.33. The third-order valence-electron chi connectivity index (χ3n) is 6.84. The Balaban J connectivity index is 1.72. The molecular formula is C26H36NP. The second kappa shape index (κ2) is 9.45. The summed E-state index contributed by atoms with van der Waals surface area (Å²) in [7, 11) is 5.60. The van der Waals surface area contributed by atoms with Crippen molar-refractivity contribution in [2.75, 3.05) is 19.0 Å². The van der Waals surface area contributed by atoms with E-state index in [1.165, 1.54) is 74.6 Å². The van der Waals surface area contributed by atoms with E-state index in [4.69, 9.17) is 0 Å². The molecule has 1 nitrogen and oxygen atoms in total. The fourth-order valence-electron chi connectivity index (χ4n) is 5.45. The quantitative estimate of drug-likeness (QED) is 0.477. The van der Waals surface area contributed by atoms with Gasteiger partial charge in [0.15, 0.2) is 0 Å². The first kappa shape index (κ1) is 20.0. The summed E-state index contributed by atoms with van der Waals surface area (Å²) >= 11 is 0. The molecule has 0 bridgehead atoms. The van der Waals surface area contributed by atoms with Crippen LogP contribution in [0, 0.1) is 0 Å². The average molecular weight is 394 g/mol. The smallest absolute Gasteiger partial charge is 0.0402 e. The zero-order valence-corrected chi connectivity index (χ0v) is 18.7. The van der Waals surface area contributed by atoms with Crippen LogP contribution >= 0.6 is 8.58 Å². The highest BCUT2D eigenvalue weighted by molar-refractivity contribution is 7.39. The molecule has 0 spiro atoms. The molecule has 2 heteroatoms. The normalized spacial score (nSPS) is 23.9. The highest BCUT2D eigenvalue weighted by atomic mass is 31.1. The summed E-state index contributed by atoms with van der Waals surface area (Å²) < 4.78 is 0. The van der Waals surface area contributed by atoms with Crippen molar-refractivity contribution in [2.45, 2.75) is 75.0 Å². The van der Waals surface area contributed by atoms with Gasteiger partial charge in [-0.2, -0.15) is 0 Å². The van der Waals surface area contributed by atoms with E-state index in [1.807, 2.05) is 0 Å². The minimum Gasteiger partial charge on any atom is -0.377 e. The summed E-state index contributed by atoms with van der Waals surface area (Å²) in [5.41, 5.74) is 7.81. The lowest BCUT2D eigenvalue weighted by Crippen LogP contribution is -2.25. The Morgan fingerprint density at radius 3 is 2.21 bits per heavy atom. The molecule has 3 unspecified atom stereocenters. The summed E-state index contributed by atoms with van der Waals surface area (Å²) in [4.78, 5) is 2.34. The molecule has 0 radical (unpaired) electrons. The van der Waals surface area contributed by atoms with Gasteiger partial charge < -0.3 is 4.90 Å². The van der Waals surface area contributed by atoms with Crippen molar-refractivity contribution in [3.05, 3.63) is 54.1 Å². The van der Waals surface area contributed by atoms with Gasteiger partial charge >= 0.3 is 0 Å². The second-order valence-corrected chi connectivity index (χ2v) is 10.9. The van der Waals surface area contributed by atoms with Crippen molar-refractivity contribution in [2.24, 2.45) is 0 Å². The molecule has 0 heterocycles. The summed E-state index contributed by atoms with van der Waals surface area (Å²) in [6, 6.07) is 18.0. The van der Waals surface area contributed by atoms with Crippen LogP contribution in [0.25, 0.3) is 11.1 Å². The first-order valence-electron chi connectivity index (χ1n) is 11.4. The highest BCUT2D eigenvalue weighted by Crippen LogP contribution is 2.51. The molecule has 0 N–H and O–H groups in total. The zero-order chi connectivity index (χ0) is 19.3. The monoisotopic (exact) mass is 393 g/mol. The topological polar surface area (TPSA) is 3.24 Å². The molecule has 0 amide bonds. The van der Waals surface area contributed by atoms with Crippen LogP contribution in [0.5, 0.6) is 0 Å². The third kappa shape index (κ3) is 4.46. The van der Waals surface area contributed by atoms with Gasteiger partial charge in [0.2, 0.25) is 0 Å². The van der Waals surface area contributed by atoms with Crippen LogP contribution < -0.4 is 4.90 Å². The Morgan fingerprint density at radius 1 is 0.750 bits per heavy atom. The number of hydrogen-bond donors (Lipinski definition) is 0. The maximum absolute atomic E-state index is 2.37. The first-order chi connectivity index (χ1) is 13.7. The molecule has 0 aliphatic heterocycles. The van der Waals surface area contributed by atoms with Crippen molar-refractivity contribution in [3.8, 4) is 11.1 Å². The molecule has 2 saturated carbocycles. The fourth-order valence-corrected chi connectivity index (χ4v) is 7.73. The molecule has 2 aliphatic rings. The van der Waals surface area contributed by atoms with Crippen molar-refractivity contribution in [1.82, 2.24) is 0 Å². The van der Waals surface area contributed by atoms with Crippen LogP contribution in [0.2, 0.25) is 0 Å². The van der Waals surface area contributed by atoms with Gasteiger partial charge in [0, 0.05) is 19.8 Å². The predicted molar refractivity (Wildman–Crippen MR) is 126 cm³/mol.